The van der Waals surface area contributed by atoms with Gasteiger partial charge in [-0.3, -0.25) is 0 Å². The monoisotopic (exact) mass is 290 g/mol. The molecule has 2 amide bonds. The second kappa shape index (κ2) is 6.80. The lowest BCUT2D eigenvalue weighted by Gasteiger charge is -2.17. The van der Waals surface area contributed by atoms with Gasteiger partial charge in [0.2, 0.25) is 0 Å². The van der Waals surface area contributed by atoms with Crippen LogP contribution in [0.15, 0.2) is 24.3 Å². The minimum absolute atomic E-state index is 0.0243. The molecule has 0 bridgehead atoms. The summed E-state index contributed by atoms with van der Waals surface area (Å²) < 4.78 is 11.3. The molecule has 0 spiro atoms. The summed E-state index contributed by atoms with van der Waals surface area (Å²) in [5, 5.41) is 2.93. The van der Waals surface area contributed by atoms with Crippen molar-refractivity contribution < 1.29 is 14.3 Å². The fourth-order valence-electron chi connectivity index (χ4n) is 2.75. The standard InChI is InChI=1S/C16H22N2O3/c19-16(18-8-1-2-9-18)17-13-5-3-6-14(11-13)21-12-15-7-4-10-20-15/h3,5-6,11,15H,1-2,4,7-10,12H2,(H,17,19). The molecule has 21 heavy (non-hydrogen) atoms. The van der Waals surface area contributed by atoms with Crippen molar-refractivity contribution in [3.8, 4) is 5.75 Å². The molecule has 1 aromatic carbocycles. The number of hydrogen-bond donors (Lipinski definition) is 1. The predicted molar refractivity (Wildman–Crippen MR) is 80.7 cm³/mol. The summed E-state index contributed by atoms with van der Waals surface area (Å²) in [6.45, 7) is 3.10. The lowest BCUT2D eigenvalue weighted by Crippen LogP contribution is -2.32. The molecule has 2 aliphatic rings. The number of anilines is 1. The van der Waals surface area contributed by atoms with E-state index in [2.05, 4.69) is 5.32 Å². The summed E-state index contributed by atoms with van der Waals surface area (Å²) >= 11 is 0. The lowest BCUT2D eigenvalue weighted by molar-refractivity contribution is 0.0680. The average molecular weight is 290 g/mol. The Bertz CT molecular complexity index is 480. The summed E-state index contributed by atoms with van der Waals surface area (Å²) in [6, 6.07) is 7.52. The number of rotatable bonds is 4. The summed E-state index contributed by atoms with van der Waals surface area (Å²) in [5.74, 6) is 0.768. The Morgan fingerprint density at radius 1 is 1.33 bits per heavy atom. The second-order valence-corrected chi connectivity index (χ2v) is 5.60. The first-order valence-electron chi connectivity index (χ1n) is 7.72. The highest BCUT2D eigenvalue weighted by Crippen LogP contribution is 2.20. The minimum atomic E-state index is -0.0243. The maximum absolute atomic E-state index is 12.0. The largest absolute Gasteiger partial charge is 0.491 e. The highest BCUT2D eigenvalue weighted by molar-refractivity contribution is 5.89. The minimum Gasteiger partial charge on any atom is -0.491 e. The molecule has 0 aromatic heterocycles. The van der Waals surface area contributed by atoms with Gasteiger partial charge >= 0.3 is 6.03 Å². The van der Waals surface area contributed by atoms with Crippen molar-refractivity contribution >= 4 is 11.7 Å². The lowest BCUT2D eigenvalue weighted by atomic mass is 10.2. The molecular formula is C16H22N2O3. The van der Waals surface area contributed by atoms with Crippen LogP contribution in [-0.2, 0) is 4.74 Å². The van der Waals surface area contributed by atoms with E-state index in [1.165, 1.54) is 0 Å². The van der Waals surface area contributed by atoms with Gasteiger partial charge < -0.3 is 19.7 Å². The van der Waals surface area contributed by atoms with Crippen LogP contribution in [0.1, 0.15) is 25.7 Å². The molecule has 5 heteroatoms. The zero-order chi connectivity index (χ0) is 14.5. The van der Waals surface area contributed by atoms with Crippen LogP contribution in [0.2, 0.25) is 0 Å². The molecule has 1 N–H and O–H groups in total. The number of nitrogens with one attached hydrogen (secondary N) is 1. The second-order valence-electron chi connectivity index (χ2n) is 5.60. The number of urea groups is 1. The molecule has 3 rings (SSSR count). The molecule has 2 fully saturated rings. The number of hydrogen-bond acceptors (Lipinski definition) is 3. The highest BCUT2D eigenvalue weighted by Gasteiger charge is 2.18. The summed E-state index contributed by atoms with van der Waals surface area (Å²) in [4.78, 5) is 13.9. The van der Waals surface area contributed by atoms with Gasteiger partial charge in [-0.05, 0) is 37.8 Å². The first kappa shape index (κ1) is 14.2. The van der Waals surface area contributed by atoms with Crippen LogP contribution in [-0.4, -0.2) is 43.3 Å². The predicted octanol–water partition coefficient (Wildman–Crippen LogP) is 2.87. The van der Waals surface area contributed by atoms with E-state index < -0.39 is 0 Å². The Balaban J connectivity index is 1.53. The Morgan fingerprint density at radius 2 is 2.19 bits per heavy atom. The normalized spacial score (nSPS) is 21.5. The number of amides is 2. The third-order valence-electron chi connectivity index (χ3n) is 3.94. The quantitative estimate of drug-likeness (QED) is 0.927. The molecule has 0 aliphatic carbocycles. The molecule has 2 saturated heterocycles. The molecule has 1 atom stereocenters. The summed E-state index contributed by atoms with van der Waals surface area (Å²) in [6.07, 6.45) is 4.56. The first-order valence-corrected chi connectivity index (χ1v) is 7.72. The van der Waals surface area contributed by atoms with Gasteiger partial charge in [0.05, 0.1) is 6.10 Å². The van der Waals surface area contributed by atoms with E-state index in [4.69, 9.17) is 9.47 Å². The van der Waals surface area contributed by atoms with Crippen molar-refractivity contribution in [2.45, 2.75) is 31.8 Å². The molecule has 0 saturated carbocycles. The Hall–Kier alpha value is -1.75. The SMILES string of the molecule is O=C(Nc1cccc(OCC2CCCO2)c1)N1CCCC1. The van der Waals surface area contributed by atoms with Crippen molar-refractivity contribution in [1.29, 1.82) is 0 Å². The van der Waals surface area contributed by atoms with E-state index in [-0.39, 0.29) is 12.1 Å². The molecule has 1 unspecified atom stereocenters. The van der Waals surface area contributed by atoms with Gasteiger partial charge in [0.15, 0.2) is 0 Å². The Labute approximate surface area is 125 Å². The van der Waals surface area contributed by atoms with Gasteiger partial charge in [-0.2, -0.15) is 0 Å². The maximum Gasteiger partial charge on any atom is 0.321 e. The zero-order valence-corrected chi connectivity index (χ0v) is 12.2. The number of carbonyl (C=O) groups excluding carboxylic acids is 1. The van der Waals surface area contributed by atoms with Crippen LogP contribution in [0, 0.1) is 0 Å². The molecule has 2 aliphatic heterocycles. The summed E-state index contributed by atoms with van der Waals surface area (Å²) in [5.41, 5.74) is 0.775. The van der Waals surface area contributed by atoms with Gasteiger partial charge in [0.25, 0.3) is 0 Å². The number of ether oxygens (including phenoxy) is 2. The van der Waals surface area contributed by atoms with Gasteiger partial charge in [-0.1, -0.05) is 6.07 Å². The summed E-state index contributed by atoms with van der Waals surface area (Å²) in [7, 11) is 0. The molecule has 114 valence electrons. The number of likely N-dealkylation sites (tertiary alicyclic amines) is 1. The number of carbonyl (C=O) groups is 1. The smallest absolute Gasteiger partial charge is 0.321 e. The van der Waals surface area contributed by atoms with Crippen molar-refractivity contribution in [2.75, 3.05) is 31.6 Å². The third-order valence-corrected chi connectivity index (χ3v) is 3.94. The fourth-order valence-corrected chi connectivity index (χ4v) is 2.75. The van der Waals surface area contributed by atoms with Crippen molar-refractivity contribution in [3.05, 3.63) is 24.3 Å². The average Bonchev–Trinajstić information content (AvgIpc) is 3.19. The zero-order valence-electron chi connectivity index (χ0n) is 12.2. The molecule has 2 heterocycles. The maximum atomic E-state index is 12.0. The molecular weight excluding hydrogens is 268 g/mol. The van der Waals surface area contributed by atoms with Crippen molar-refractivity contribution in [1.82, 2.24) is 4.90 Å². The molecule has 1 aromatic rings. The Morgan fingerprint density at radius 3 is 2.95 bits per heavy atom. The van der Waals surface area contributed by atoms with Gasteiger partial charge in [-0.25, -0.2) is 4.79 Å². The van der Waals surface area contributed by atoms with E-state index in [1.54, 1.807) is 0 Å². The van der Waals surface area contributed by atoms with Gasteiger partial charge in [0, 0.05) is 31.5 Å². The van der Waals surface area contributed by atoms with Crippen LogP contribution in [0.25, 0.3) is 0 Å². The van der Waals surface area contributed by atoms with E-state index in [0.717, 1.165) is 56.8 Å². The number of benzene rings is 1. The number of nitrogens with zero attached hydrogens (tertiary/aromatic N) is 1. The fraction of sp³-hybridized carbons (Fsp3) is 0.562. The molecule has 0 radical (unpaired) electrons. The topological polar surface area (TPSA) is 50.8 Å². The first-order chi connectivity index (χ1) is 10.3. The molecule has 5 nitrogen and oxygen atoms in total. The van der Waals surface area contributed by atoms with Crippen LogP contribution in [0.4, 0.5) is 10.5 Å². The van der Waals surface area contributed by atoms with Gasteiger partial charge in [0.1, 0.15) is 12.4 Å². The van der Waals surface area contributed by atoms with Crippen LogP contribution < -0.4 is 10.1 Å². The highest BCUT2D eigenvalue weighted by atomic mass is 16.5. The van der Waals surface area contributed by atoms with E-state index in [1.807, 2.05) is 29.2 Å². The van der Waals surface area contributed by atoms with Gasteiger partial charge in [-0.15, -0.1) is 0 Å². The van der Waals surface area contributed by atoms with Crippen molar-refractivity contribution in [3.63, 3.8) is 0 Å². The van der Waals surface area contributed by atoms with E-state index in [9.17, 15) is 4.79 Å². The third kappa shape index (κ3) is 3.88. The van der Waals surface area contributed by atoms with Crippen LogP contribution in [0.5, 0.6) is 5.75 Å². The van der Waals surface area contributed by atoms with E-state index in [0.29, 0.717) is 6.61 Å². The van der Waals surface area contributed by atoms with Crippen molar-refractivity contribution in [2.24, 2.45) is 0 Å². The van der Waals surface area contributed by atoms with Crippen LogP contribution in [0.3, 0.4) is 0 Å². The van der Waals surface area contributed by atoms with E-state index >= 15 is 0 Å². The van der Waals surface area contributed by atoms with Crippen LogP contribution >= 0.6 is 0 Å². The Kier molecular flexibility index (Phi) is 4.60.